The van der Waals surface area contributed by atoms with E-state index in [0.29, 0.717) is 12.3 Å². The highest BCUT2D eigenvalue weighted by Gasteiger charge is 2.26. The van der Waals surface area contributed by atoms with Crippen LogP contribution in [0.4, 0.5) is 0 Å². The summed E-state index contributed by atoms with van der Waals surface area (Å²) in [6, 6.07) is 3.68. The number of allylic oxidation sites excluding steroid dienone is 5. The summed E-state index contributed by atoms with van der Waals surface area (Å²) in [5, 5.41) is 0. The second-order valence-electron chi connectivity index (χ2n) is 9.53. The molecule has 1 aromatic heterocycles. The third-order valence-electron chi connectivity index (χ3n) is 6.18. The van der Waals surface area contributed by atoms with E-state index in [2.05, 4.69) is 57.8 Å². The summed E-state index contributed by atoms with van der Waals surface area (Å²) < 4.78 is 5.36. The second-order valence-corrected chi connectivity index (χ2v) is 9.53. The van der Waals surface area contributed by atoms with E-state index in [1.54, 1.807) is 12.3 Å². The van der Waals surface area contributed by atoms with Gasteiger partial charge in [-0.25, -0.2) is 9.78 Å². The minimum Gasteiger partial charge on any atom is -0.461 e. The van der Waals surface area contributed by atoms with E-state index in [9.17, 15) is 4.79 Å². The van der Waals surface area contributed by atoms with Crippen LogP contribution in [-0.4, -0.2) is 17.6 Å². The first-order valence-corrected chi connectivity index (χ1v) is 12.0. The van der Waals surface area contributed by atoms with Crippen molar-refractivity contribution in [2.24, 2.45) is 5.41 Å². The Kier molecular flexibility index (Phi) is 10.2. The van der Waals surface area contributed by atoms with Crippen LogP contribution in [0, 0.1) is 5.41 Å². The predicted molar refractivity (Wildman–Crippen MR) is 131 cm³/mol. The van der Waals surface area contributed by atoms with E-state index in [0.717, 1.165) is 18.4 Å². The SMILES string of the molecule is CCCCCCCCOC(=O)c1ccc(/C=C(\C)C=CC2=C(C)CCCC2(C)C)cn1. The molecule has 0 atom stereocenters. The maximum atomic E-state index is 12.2. The zero-order valence-electron chi connectivity index (χ0n) is 20.3. The van der Waals surface area contributed by atoms with Crippen molar-refractivity contribution in [3.63, 3.8) is 0 Å². The number of aromatic nitrogens is 1. The fourth-order valence-corrected chi connectivity index (χ4v) is 4.27. The van der Waals surface area contributed by atoms with Gasteiger partial charge in [-0.05, 0) is 62.1 Å². The van der Waals surface area contributed by atoms with Crippen LogP contribution in [0.5, 0.6) is 0 Å². The predicted octanol–water partition coefficient (Wildman–Crippen LogP) is 8.09. The van der Waals surface area contributed by atoms with Crippen LogP contribution in [0.1, 0.15) is 108 Å². The summed E-state index contributed by atoms with van der Waals surface area (Å²) in [4.78, 5) is 16.5. The number of unbranched alkanes of at least 4 members (excludes halogenated alkanes) is 5. The molecule has 3 nitrogen and oxygen atoms in total. The fourth-order valence-electron chi connectivity index (χ4n) is 4.27. The molecule has 0 N–H and O–H groups in total. The van der Waals surface area contributed by atoms with Crippen molar-refractivity contribution >= 4 is 12.0 Å². The van der Waals surface area contributed by atoms with Gasteiger partial charge in [0.2, 0.25) is 0 Å². The molecule has 0 spiro atoms. The maximum absolute atomic E-state index is 12.2. The smallest absolute Gasteiger partial charge is 0.356 e. The summed E-state index contributed by atoms with van der Waals surface area (Å²) in [6.45, 7) is 11.7. The number of hydrogen-bond acceptors (Lipinski definition) is 3. The topological polar surface area (TPSA) is 39.2 Å². The van der Waals surface area contributed by atoms with Crippen molar-refractivity contribution < 1.29 is 9.53 Å². The summed E-state index contributed by atoms with van der Waals surface area (Å²) in [5.74, 6) is -0.331. The molecule has 0 aliphatic heterocycles. The van der Waals surface area contributed by atoms with Crippen molar-refractivity contribution in [2.45, 2.75) is 92.4 Å². The van der Waals surface area contributed by atoms with Gasteiger partial charge in [0.15, 0.2) is 0 Å². The van der Waals surface area contributed by atoms with Gasteiger partial charge in [-0.15, -0.1) is 0 Å². The lowest BCUT2D eigenvalue weighted by molar-refractivity contribution is 0.0491. The maximum Gasteiger partial charge on any atom is 0.356 e. The van der Waals surface area contributed by atoms with Crippen molar-refractivity contribution in [3.8, 4) is 0 Å². The van der Waals surface area contributed by atoms with Gasteiger partial charge in [-0.2, -0.15) is 0 Å². The van der Waals surface area contributed by atoms with Crippen molar-refractivity contribution in [1.29, 1.82) is 0 Å². The average Bonchev–Trinajstić information content (AvgIpc) is 2.72. The second kappa shape index (κ2) is 12.6. The molecule has 0 saturated heterocycles. The molecule has 31 heavy (non-hydrogen) atoms. The van der Waals surface area contributed by atoms with Crippen LogP contribution in [0.15, 0.2) is 47.2 Å². The standard InChI is InChI=1S/C28H41NO2/c1-6-7-8-9-10-11-19-31-27(30)26-17-15-24(21-29-26)20-22(2)14-16-25-23(3)13-12-18-28(25,4)5/h14-17,20-21H,6-13,18-19H2,1-5H3/b16-14?,22-20+. The zero-order valence-corrected chi connectivity index (χ0v) is 20.3. The highest BCUT2D eigenvalue weighted by molar-refractivity contribution is 5.87. The van der Waals surface area contributed by atoms with Gasteiger partial charge in [-0.3, -0.25) is 0 Å². The van der Waals surface area contributed by atoms with Crippen molar-refractivity contribution in [2.75, 3.05) is 6.61 Å². The van der Waals surface area contributed by atoms with Crippen molar-refractivity contribution in [1.82, 2.24) is 4.98 Å². The summed E-state index contributed by atoms with van der Waals surface area (Å²) in [6.07, 6.45) is 19.1. The third kappa shape index (κ3) is 8.47. The molecule has 0 bridgehead atoms. The van der Waals surface area contributed by atoms with E-state index < -0.39 is 0 Å². The molecule has 0 saturated carbocycles. The Balaban J connectivity index is 1.86. The van der Waals surface area contributed by atoms with Gasteiger partial charge in [0.25, 0.3) is 0 Å². The molecule has 1 aromatic rings. The van der Waals surface area contributed by atoms with Crippen molar-refractivity contribution in [3.05, 3.63) is 58.5 Å². The summed E-state index contributed by atoms with van der Waals surface area (Å²) >= 11 is 0. The van der Waals surface area contributed by atoms with E-state index >= 15 is 0 Å². The Morgan fingerprint density at radius 2 is 1.90 bits per heavy atom. The molecule has 0 amide bonds. The lowest BCUT2D eigenvalue weighted by Gasteiger charge is -2.32. The highest BCUT2D eigenvalue weighted by Crippen LogP contribution is 2.40. The molecule has 170 valence electrons. The first-order valence-electron chi connectivity index (χ1n) is 12.0. The van der Waals surface area contributed by atoms with Gasteiger partial charge < -0.3 is 4.74 Å². The molecule has 0 unspecified atom stereocenters. The lowest BCUT2D eigenvalue weighted by Crippen LogP contribution is -2.19. The Labute approximate surface area is 189 Å². The van der Waals surface area contributed by atoms with Crippen LogP contribution < -0.4 is 0 Å². The molecule has 3 heteroatoms. The molecule has 0 fully saturated rings. The fraction of sp³-hybridized carbons (Fsp3) is 0.571. The number of esters is 1. The zero-order chi connectivity index (χ0) is 22.7. The molecular formula is C28H41NO2. The number of rotatable bonds is 11. The number of hydrogen-bond donors (Lipinski definition) is 0. The molecule has 1 aliphatic rings. The van der Waals surface area contributed by atoms with Crippen LogP contribution in [-0.2, 0) is 4.74 Å². The minimum atomic E-state index is -0.331. The Hall–Kier alpha value is -2.16. The Morgan fingerprint density at radius 3 is 2.58 bits per heavy atom. The minimum absolute atomic E-state index is 0.248. The molecule has 0 aromatic carbocycles. The normalized spacial score (nSPS) is 16.7. The number of pyridine rings is 1. The number of nitrogens with zero attached hydrogens (tertiary/aromatic N) is 1. The molecule has 1 aliphatic carbocycles. The average molecular weight is 424 g/mol. The number of ether oxygens (including phenoxy) is 1. The van der Waals surface area contributed by atoms with Gasteiger partial charge in [0.05, 0.1) is 6.61 Å². The molecule has 1 heterocycles. The van der Waals surface area contributed by atoms with E-state index in [1.807, 2.05) is 6.07 Å². The Morgan fingerprint density at radius 1 is 1.16 bits per heavy atom. The lowest BCUT2D eigenvalue weighted by atomic mass is 9.72. The largest absolute Gasteiger partial charge is 0.461 e. The van der Waals surface area contributed by atoms with Crippen LogP contribution in [0.2, 0.25) is 0 Å². The van der Waals surface area contributed by atoms with Crippen LogP contribution in [0.25, 0.3) is 6.08 Å². The number of carbonyl (C=O) groups excluding carboxylic acids is 1. The molecular weight excluding hydrogens is 382 g/mol. The van der Waals surface area contributed by atoms with Crippen LogP contribution in [0.3, 0.4) is 0 Å². The quantitative estimate of drug-likeness (QED) is 0.205. The van der Waals surface area contributed by atoms with E-state index in [-0.39, 0.29) is 11.4 Å². The molecule has 2 rings (SSSR count). The van der Waals surface area contributed by atoms with Gasteiger partial charge in [0, 0.05) is 6.20 Å². The highest BCUT2D eigenvalue weighted by atomic mass is 16.5. The summed E-state index contributed by atoms with van der Waals surface area (Å²) in [5.41, 5.74) is 5.75. The van der Waals surface area contributed by atoms with Crippen LogP contribution >= 0.6 is 0 Å². The Bertz CT molecular complexity index is 797. The number of carbonyl (C=O) groups is 1. The van der Waals surface area contributed by atoms with E-state index in [4.69, 9.17) is 4.74 Å². The third-order valence-corrected chi connectivity index (χ3v) is 6.18. The molecule has 0 radical (unpaired) electrons. The first kappa shape index (κ1) is 25.1. The monoisotopic (exact) mass is 423 g/mol. The van der Waals surface area contributed by atoms with Gasteiger partial charge in [-0.1, -0.05) is 88.3 Å². The van der Waals surface area contributed by atoms with Gasteiger partial charge >= 0.3 is 5.97 Å². The first-order chi connectivity index (χ1) is 14.8. The summed E-state index contributed by atoms with van der Waals surface area (Å²) in [7, 11) is 0. The van der Waals surface area contributed by atoms with E-state index in [1.165, 1.54) is 61.7 Å². The van der Waals surface area contributed by atoms with Gasteiger partial charge in [0.1, 0.15) is 5.69 Å².